The van der Waals surface area contributed by atoms with Crippen LogP contribution in [-0.4, -0.2) is 10.2 Å². The van der Waals surface area contributed by atoms with E-state index in [0.29, 0.717) is 0 Å². The summed E-state index contributed by atoms with van der Waals surface area (Å²) < 4.78 is 0. The van der Waals surface area contributed by atoms with Crippen LogP contribution in [0.15, 0.2) is 48.5 Å². The lowest BCUT2D eigenvalue weighted by atomic mass is 10.1. The van der Waals surface area contributed by atoms with E-state index >= 15 is 0 Å². The zero-order valence-electron chi connectivity index (χ0n) is 9.07. The van der Waals surface area contributed by atoms with Gasteiger partial charge >= 0.3 is 0 Å². The summed E-state index contributed by atoms with van der Waals surface area (Å²) in [7, 11) is 0. The van der Waals surface area contributed by atoms with Gasteiger partial charge in [0.2, 0.25) is 0 Å². The highest BCUT2D eigenvalue weighted by molar-refractivity contribution is 5.93. The van der Waals surface area contributed by atoms with E-state index in [1.807, 2.05) is 18.2 Å². The predicted octanol–water partition coefficient (Wildman–Crippen LogP) is 3.54. The molecule has 1 heterocycles. The summed E-state index contributed by atoms with van der Waals surface area (Å²) in [6.07, 6.45) is 0. The molecule has 2 heteroatoms. The second kappa shape index (κ2) is 3.49. The molecule has 1 aromatic heterocycles. The smallest absolute Gasteiger partial charge is 0.0999 e. The van der Waals surface area contributed by atoms with E-state index in [-0.39, 0.29) is 0 Å². The maximum Gasteiger partial charge on any atom is 0.0999 e. The van der Waals surface area contributed by atoms with Gasteiger partial charge in [0.25, 0.3) is 0 Å². The largest absolute Gasteiger partial charge is 0.277 e. The van der Waals surface area contributed by atoms with Crippen molar-refractivity contribution in [2.75, 3.05) is 0 Å². The molecule has 3 rings (SSSR count). The van der Waals surface area contributed by atoms with E-state index < -0.39 is 0 Å². The molecule has 0 saturated heterocycles. The van der Waals surface area contributed by atoms with E-state index in [0.717, 1.165) is 16.8 Å². The van der Waals surface area contributed by atoms with Gasteiger partial charge in [0.1, 0.15) is 0 Å². The molecule has 2 aromatic carbocycles. The molecule has 0 spiro atoms. The third-order valence-corrected chi connectivity index (χ3v) is 2.77. The summed E-state index contributed by atoms with van der Waals surface area (Å²) in [6.45, 7) is 2.09. The first-order chi connectivity index (χ1) is 7.84. The number of H-pyrrole nitrogens is 1. The van der Waals surface area contributed by atoms with Crippen LogP contribution in [-0.2, 0) is 0 Å². The van der Waals surface area contributed by atoms with Gasteiger partial charge in [-0.25, -0.2) is 0 Å². The molecule has 0 unspecified atom stereocenters. The van der Waals surface area contributed by atoms with Gasteiger partial charge in [0.05, 0.1) is 11.2 Å². The molecule has 0 aliphatic carbocycles. The third kappa shape index (κ3) is 1.39. The molecule has 0 aliphatic rings. The van der Waals surface area contributed by atoms with Gasteiger partial charge in [-0.15, -0.1) is 0 Å². The summed E-state index contributed by atoms with van der Waals surface area (Å²) in [5.74, 6) is 0. The summed E-state index contributed by atoms with van der Waals surface area (Å²) in [5.41, 5.74) is 4.52. The minimum Gasteiger partial charge on any atom is -0.277 e. The Morgan fingerprint density at radius 3 is 2.62 bits per heavy atom. The highest BCUT2D eigenvalue weighted by Crippen LogP contribution is 2.26. The Hall–Kier alpha value is -2.09. The Morgan fingerprint density at radius 2 is 1.81 bits per heavy atom. The lowest BCUT2D eigenvalue weighted by molar-refractivity contribution is 1.12. The van der Waals surface area contributed by atoms with Gasteiger partial charge in [0, 0.05) is 10.9 Å². The number of nitrogens with one attached hydrogen (secondary N) is 1. The standard InChI is InChI=1S/C14H12N2/c1-10-7-8-12-13(9-10)15-16-14(12)11-5-3-2-4-6-11/h2-9H,1H3,(H,15,16). The van der Waals surface area contributed by atoms with Crippen molar-refractivity contribution < 1.29 is 0 Å². The zero-order valence-corrected chi connectivity index (χ0v) is 9.07. The molecule has 2 nitrogen and oxygen atoms in total. The number of hydrogen-bond acceptors (Lipinski definition) is 1. The van der Waals surface area contributed by atoms with Gasteiger partial charge in [-0.3, -0.25) is 5.10 Å². The van der Waals surface area contributed by atoms with Gasteiger partial charge < -0.3 is 0 Å². The molecular formula is C14H12N2. The molecule has 0 aliphatic heterocycles. The Labute approximate surface area is 93.9 Å². The van der Waals surface area contributed by atoms with Crippen molar-refractivity contribution in [2.24, 2.45) is 0 Å². The van der Waals surface area contributed by atoms with Crippen molar-refractivity contribution in [1.29, 1.82) is 0 Å². The lowest BCUT2D eigenvalue weighted by Crippen LogP contribution is -1.77. The van der Waals surface area contributed by atoms with Crippen LogP contribution in [0.1, 0.15) is 5.56 Å². The molecule has 16 heavy (non-hydrogen) atoms. The van der Waals surface area contributed by atoms with Crippen LogP contribution in [0.3, 0.4) is 0 Å². The Kier molecular flexibility index (Phi) is 2.00. The summed E-state index contributed by atoms with van der Waals surface area (Å²) in [5, 5.41) is 8.64. The van der Waals surface area contributed by atoms with Gasteiger partial charge in [-0.2, -0.15) is 5.10 Å². The van der Waals surface area contributed by atoms with Gasteiger partial charge in [-0.05, 0) is 18.6 Å². The molecule has 0 atom stereocenters. The number of aromatic amines is 1. The molecule has 0 bridgehead atoms. The fraction of sp³-hybridized carbons (Fsp3) is 0.0714. The number of benzene rings is 2. The van der Waals surface area contributed by atoms with E-state index in [1.54, 1.807) is 0 Å². The number of hydrogen-bond donors (Lipinski definition) is 1. The Balaban J connectivity index is 2.26. The Bertz CT molecular complexity index is 624. The van der Waals surface area contributed by atoms with Crippen LogP contribution >= 0.6 is 0 Å². The second-order valence-electron chi connectivity index (χ2n) is 3.99. The van der Waals surface area contributed by atoms with E-state index in [9.17, 15) is 0 Å². The van der Waals surface area contributed by atoms with Gasteiger partial charge in [-0.1, -0.05) is 42.5 Å². The number of aryl methyl sites for hydroxylation is 1. The summed E-state index contributed by atoms with van der Waals surface area (Å²) in [6, 6.07) is 16.6. The van der Waals surface area contributed by atoms with Crippen molar-refractivity contribution in [3.63, 3.8) is 0 Å². The summed E-state index contributed by atoms with van der Waals surface area (Å²) in [4.78, 5) is 0. The highest BCUT2D eigenvalue weighted by atomic mass is 15.1. The number of aromatic nitrogens is 2. The third-order valence-electron chi connectivity index (χ3n) is 2.77. The first kappa shape index (κ1) is 9.16. The number of nitrogens with zero attached hydrogens (tertiary/aromatic N) is 1. The SMILES string of the molecule is Cc1ccc2c(-c3ccccc3)n[nH]c2c1. The summed E-state index contributed by atoms with van der Waals surface area (Å²) >= 11 is 0. The van der Waals surface area contributed by atoms with Crippen LogP contribution in [0.2, 0.25) is 0 Å². The fourth-order valence-corrected chi connectivity index (χ4v) is 1.95. The molecular weight excluding hydrogens is 196 g/mol. The molecule has 0 amide bonds. The molecule has 3 aromatic rings. The molecule has 0 saturated carbocycles. The van der Waals surface area contributed by atoms with Crippen molar-refractivity contribution in [1.82, 2.24) is 10.2 Å². The van der Waals surface area contributed by atoms with E-state index in [4.69, 9.17) is 0 Å². The average molecular weight is 208 g/mol. The van der Waals surface area contributed by atoms with Crippen LogP contribution < -0.4 is 0 Å². The van der Waals surface area contributed by atoms with Crippen molar-refractivity contribution in [3.8, 4) is 11.3 Å². The first-order valence-corrected chi connectivity index (χ1v) is 5.35. The van der Waals surface area contributed by atoms with Crippen LogP contribution in [0.25, 0.3) is 22.2 Å². The lowest BCUT2D eigenvalue weighted by Gasteiger charge is -1.97. The van der Waals surface area contributed by atoms with Crippen LogP contribution in [0.5, 0.6) is 0 Å². The van der Waals surface area contributed by atoms with Crippen molar-refractivity contribution >= 4 is 10.9 Å². The number of fused-ring (bicyclic) bond motifs is 1. The monoisotopic (exact) mass is 208 g/mol. The van der Waals surface area contributed by atoms with E-state index in [1.165, 1.54) is 10.9 Å². The average Bonchev–Trinajstić information content (AvgIpc) is 2.73. The quantitative estimate of drug-likeness (QED) is 0.651. The molecule has 0 radical (unpaired) electrons. The molecule has 1 N–H and O–H groups in total. The second-order valence-corrected chi connectivity index (χ2v) is 3.99. The van der Waals surface area contributed by atoms with E-state index in [2.05, 4.69) is 47.5 Å². The van der Waals surface area contributed by atoms with Crippen molar-refractivity contribution in [2.45, 2.75) is 6.92 Å². The van der Waals surface area contributed by atoms with Crippen molar-refractivity contribution in [3.05, 3.63) is 54.1 Å². The maximum absolute atomic E-state index is 4.38. The minimum atomic E-state index is 1.02. The predicted molar refractivity (Wildman–Crippen MR) is 66.3 cm³/mol. The first-order valence-electron chi connectivity index (χ1n) is 5.35. The van der Waals surface area contributed by atoms with Crippen LogP contribution in [0.4, 0.5) is 0 Å². The van der Waals surface area contributed by atoms with Crippen LogP contribution in [0, 0.1) is 6.92 Å². The topological polar surface area (TPSA) is 28.7 Å². The normalized spacial score (nSPS) is 10.8. The number of rotatable bonds is 1. The molecule has 0 fully saturated rings. The molecule has 78 valence electrons. The highest BCUT2D eigenvalue weighted by Gasteiger charge is 2.06. The maximum atomic E-state index is 4.38. The van der Waals surface area contributed by atoms with Gasteiger partial charge in [0.15, 0.2) is 0 Å². The fourth-order valence-electron chi connectivity index (χ4n) is 1.95. The minimum absolute atomic E-state index is 1.02. The zero-order chi connectivity index (χ0) is 11.0. The Morgan fingerprint density at radius 1 is 1.00 bits per heavy atom.